The van der Waals surface area contributed by atoms with Gasteiger partial charge < -0.3 is 4.74 Å². The molecule has 0 saturated carbocycles. The molecular weight excluding hydrogens is 347 g/mol. The van der Waals surface area contributed by atoms with Crippen LogP contribution in [0.2, 0.25) is 0 Å². The second-order valence-electron chi connectivity index (χ2n) is 6.27. The Morgan fingerprint density at radius 1 is 1.38 bits per heavy atom. The molecule has 5 nitrogen and oxygen atoms in total. The number of hydrogen-bond donors (Lipinski definition) is 1. The Morgan fingerprint density at radius 2 is 2.15 bits per heavy atom. The minimum Gasteiger partial charge on any atom is -0.465 e. The summed E-state index contributed by atoms with van der Waals surface area (Å²) in [6.45, 7) is 4.78. The second kappa shape index (κ2) is 7.11. The fourth-order valence-electron chi connectivity index (χ4n) is 3.30. The summed E-state index contributed by atoms with van der Waals surface area (Å²) in [7, 11) is 0. The molecule has 26 heavy (non-hydrogen) atoms. The lowest BCUT2D eigenvalue weighted by atomic mass is 9.95. The predicted octanol–water partition coefficient (Wildman–Crippen LogP) is 3.33. The van der Waals surface area contributed by atoms with Gasteiger partial charge >= 0.3 is 12.1 Å². The second-order valence-corrected chi connectivity index (χ2v) is 6.27. The van der Waals surface area contributed by atoms with Gasteiger partial charge in [-0.3, -0.25) is 14.8 Å². The number of nitrogens with one attached hydrogen (secondary N) is 1. The third kappa shape index (κ3) is 3.60. The summed E-state index contributed by atoms with van der Waals surface area (Å²) in [4.78, 5) is 13.6. The Hall–Kier alpha value is -2.35. The van der Waals surface area contributed by atoms with Crippen molar-refractivity contribution in [3.63, 3.8) is 0 Å². The number of H-pyrrole nitrogens is 1. The van der Waals surface area contributed by atoms with E-state index in [0.717, 1.165) is 17.3 Å². The van der Waals surface area contributed by atoms with E-state index in [1.165, 1.54) is 13.0 Å². The van der Waals surface area contributed by atoms with Crippen LogP contribution < -0.4 is 0 Å². The molecule has 0 amide bonds. The molecule has 0 bridgehead atoms. The number of hydrogen-bond acceptors (Lipinski definition) is 4. The fraction of sp³-hybridized carbons (Fsp3) is 0.444. The summed E-state index contributed by atoms with van der Waals surface area (Å²) in [6, 6.07) is 4.11. The van der Waals surface area contributed by atoms with Gasteiger partial charge in [-0.05, 0) is 25.5 Å². The summed E-state index contributed by atoms with van der Waals surface area (Å²) < 4.78 is 44.6. The summed E-state index contributed by atoms with van der Waals surface area (Å²) in [5.74, 6) is -0.309. The number of benzene rings is 1. The number of fused-ring (bicyclic) bond motifs is 1. The number of alkyl halides is 3. The molecule has 8 heteroatoms. The highest BCUT2D eigenvalue weighted by molar-refractivity contribution is 5.72. The lowest BCUT2D eigenvalue weighted by Gasteiger charge is -2.26. The van der Waals surface area contributed by atoms with Crippen molar-refractivity contribution in [2.45, 2.75) is 33.0 Å². The number of carbonyl (C=O) groups excluding carboxylic acids is 1. The van der Waals surface area contributed by atoms with E-state index in [9.17, 15) is 18.0 Å². The van der Waals surface area contributed by atoms with Crippen LogP contribution in [0, 0.1) is 6.92 Å². The highest BCUT2D eigenvalue weighted by Crippen LogP contribution is 2.37. The van der Waals surface area contributed by atoms with E-state index in [1.54, 1.807) is 13.0 Å². The van der Waals surface area contributed by atoms with Crippen molar-refractivity contribution in [3.05, 3.63) is 40.6 Å². The number of ether oxygens (including phenoxy) is 1. The molecular formula is C18H20F3N3O2. The molecule has 0 unspecified atom stereocenters. The summed E-state index contributed by atoms with van der Waals surface area (Å²) in [6.07, 6.45) is -3.76. The first-order valence-corrected chi connectivity index (χ1v) is 8.42. The van der Waals surface area contributed by atoms with Crippen molar-refractivity contribution in [1.82, 2.24) is 15.1 Å². The van der Waals surface area contributed by atoms with Crippen LogP contribution in [0.4, 0.5) is 13.2 Å². The van der Waals surface area contributed by atoms with Crippen molar-refractivity contribution in [2.75, 3.05) is 19.7 Å². The molecule has 0 atom stereocenters. The number of aromatic nitrogens is 2. The Balaban J connectivity index is 1.92. The average Bonchev–Trinajstić information content (AvgIpc) is 2.97. The van der Waals surface area contributed by atoms with Crippen LogP contribution in [-0.4, -0.2) is 40.8 Å². The molecule has 1 aliphatic heterocycles. The number of nitrogens with zero attached hydrogens (tertiary/aromatic N) is 2. The van der Waals surface area contributed by atoms with Crippen LogP contribution in [0.25, 0.3) is 11.3 Å². The summed E-state index contributed by atoms with van der Waals surface area (Å²) in [5, 5.41) is 7.20. The normalized spacial score (nSPS) is 15.0. The third-order valence-electron chi connectivity index (χ3n) is 4.56. The average molecular weight is 367 g/mol. The van der Waals surface area contributed by atoms with Gasteiger partial charge in [-0.1, -0.05) is 12.1 Å². The molecule has 140 valence electrons. The first-order chi connectivity index (χ1) is 12.3. The molecule has 1 N–H and O–H groups in total. The summed E-state index contributed by atoms with van der Waals surface area (Å²) in [5.41, 5.74) is 2.19. The van der Waals surface area contributed by atoms with Gasteiger partial charge in [0.2, 0.25) is 0 Å². The number of aromatic amines is 1. The smallest absolute Gasteiger partial charge is 0.416 e. The van der Waals surface area contributed by atoms with Crippen LogP contribution in [0.1, 0.15) is 29.3 Å². The molecule has 2 heterocycles. The predicted molar refractivity (Wildman–Crippen MR) is 89.4 cm³/mol. The Kier molecular flexibility index (Phi) is 5.04. The van der Waals surface area contributed by atoms with E-state index in [2.05, 4.69) is 10.2 Å². The highest BCUT2D eigenvalue weighted by atomic mass is 19.4. The maximum atomic E-state index is 13.2. The fourth-order valence-corrected chi connectivity index (χ4v) is 3.30. The zero-order valence-corrected chi connectivity index (χ0v) is 14.6. The monoisotopic (exact) mass is 367 g/mol. The molecule has 0 spiro atoms. The minimum atomic E-state index is -4.41. The van der Waals surface area contributed by atoms with Crippen LogP contribution in [-0.2, 0) is 28.7 Å². The molecule has 0 aliphatic carbocycles. The van der Waals surface area contributed by atoms with Crippen molar-refractivity contribution >= 4 is 5.97 Å². The van der Waals surface area contributed by atoms with E-state index < -0.39 is 11.7 Å². The van der Waals surface area contributed by atoms with E-state index in [-0.39, 0.29) is 18.1 Å². The minimum absolute atomic E-state index is 0.150. The topological polar surface area (TPSA) is 58.2 Å². The van der Waals surface area contributed by atoms with Crippen LogP contribution in [0.15, 0.2) is 18.2 Å². The van der Waals surface area contributed by atoms with Crippen LogP contribution >= 0.6 is 0 Å². The van der Waals surface area contributed by atoms with Crippen molar-refractivity contribution in [3.8, 4) is 11.3 Å². The quantitative estimate of drug-likeness (QED) is 0.843. The van der Waals surface area contributed by atoms with Gasteiger partial charge in [0.1, 0.15) is 0 Å². The SMILES string of the molecule is CCOC(=O)CN1CCc2[nH]nc(-c3cccc(C(F)(F)F)c3C)c2C1. The lowest BCUT2D eigenvalue weighted by Crippen LogP contribution is -2.35. The number of halogens is 3. The maximum Gasteiger partial charge on any atom is 0.416 e. The Morgan fingerprint density at radius 3 is 2.85 bits per heavy atom. The third-order valence-corrected chi connectivity index (χ3v) is 4.56. The van der Waals surface area contributed by atoms with Gasteiger partial charge in [0.05, 0.1) is 24.4 Å². The molecule has 0 fully saturated rings. The number of rotatable bonds is 4. The standard InChI is InChI=1S/C18H20F3N3O2/c1-3-26-16(25)10-24-8-7-15-13(9-24)17(23-22-15)12-5-4-6-14(11(12)2)18(19,20)21/h4-6H,3,7-10H2,1-2H3,(H,22,23). The first-order valence-electron chi connectivity index (χ1n) is 8.42. The van der Waals surface area contributed by atoms with Crippen molar-refractivity contribution < 1.29 is 22.7 Å². The lowest BCUT2D eigenvalue weighted by molar-refractivity contribution is -0.144. The zero-order chi connectivity index (χ0) is 18.9. The van der Waals surface area contributed by atoms with Gasteiger partial charge in [0.15, 0.2) is 0 Å². The van der Waals surface area contributed by atoms with Crippen molar-refractivity contribution in [2.24, 2.45) is 0 Å². The molecule has 0 saturated heterocycles. The molecule has 1 aromatic heterocycles. The van der Waals surface area contributed by atoms with Gasteiger partial charge in [-0.25, -0.2) is 0 Å². The first kappa shape index (κ1) is 18.4. The van der Waals surface area contributed by atoms with Gasteiger partial charge in [-0.2, -0.15) is 18.3 Å². The molecule has 2 aromatic rings. The van der Waals surface area contributed by atoms with E-state index in [1.807, 2.05) is 4.90 Å². The maximum absolute atomic E-state index is 13.2. The van der Waals surface area contributed by atoms with E-state index in [4.69, 9.17) is 4.74 Å². The Bertz CT molecular complexity index is 814. The van der Waals surface area contributed by atoms with Crippen LogP contribution in [0.5, 0.6) is 0 Å². The number of esters is 1. The van der Waals surface area contributed by atoms with Gasteiger partial charge in [-0.15, -0.1) is 0 Å². The van der Waals surface area contributed by atoms with Crippen molar-refractivity contribution in [1.29, 1.82) is 0 Å². The molecule has 3 rings (SSSR count). The highest BCUT2D eigenvalue weighted by Gasteiger charge is 2.34. The van der Waals surface area contributed by atoms with E-state index in [0.29, 0.717) is 37.4 Å². The number of carbonyl (C=O) groups is 1. The summed E-state index contributed by atoms with van der Waals surface area (Å²) >= 11 is 0. The van der Waals surface area contributed by atoms with Gasteiger partial charge in [0.25, 0.3) is 0 Å². The van der Waals surface area contributed by atoms with Crippen LogP contribution in [0.3, 0.4) is 0 Å². The zero-order valence-electron chi connectivity index (χ0n) is 14.6. The molecule has 1 aliphatic rings. The van der Waals surface area contributed by atoms with Gasteiger partial charge in [0, 0.05) is 36.3 Å². The van der Waals surface area contributed by atoms with E-state index >= 15 is 0 Å². The Labute approximate surface area is 149 Å². The largest absolute Gasteiger partial charge is 0.465 e. The molecule has 1 aromatic carbocycles. The molecule has 0 radical (unpaired) electrons.